The molecule has 1 heterocycles. The molecule has 1 rings (SSSR count). The lowest BCUT2D eigenvalue weighted by molar-refractivity contribution is -0.697. The van der Waals surface area contributed by atoms with E-state index in [9.17, 15) is 0 Å². The maximum Gasteiger partial charge on any atom is 0.243 e. The summed E-state index contributed by atoms with van der Waals surface area (Å²) < 4.78 is 4.77. The minimum atomic E-state index is 0.641. The molecule has 0 aliphatic rings. The maximum absolute atomic E-state index is 2.39. The Balaban J connectivity index is 1.84. The second kappa shape index (κ2) is 19.2. The molecule has 1 aromatic heterocycles. The fourth-order valence-corrected chi connectivity index (χ4v) is 4.29. The molecule has 0 fully saturated rings. The van der Waals surface area contributed by atoms with Gasteiger partial charge in [-0.3, -0.25) is 0 Å². The number of nitrogens with zero attached hydrogens (tertiary/aromatic N) is 2. The summed E-state index contributed by atoms with van der Waals surface area (Å²) in [7, 11) is 0. The monoisotopic (exact) mass is 405 g/mol. The first kappa shape index (κ1) is 26.2. The van der Waals surface area contributed by atoms with E-state index in [-0.39, 0.29) is 0 Å². The number of hydrogen-bond acceptors (Lipinski definition) is 0. The Morgan fingerprint density at radius 3 is 1.55 bits per heavy atom. The van der Waals surface area contributed by atoms with Crippen LogP contribution in [0.5, 0.6) is 0 Å². The van der Waals surface area contributed by atoms with Crippen LogP contribution in [-0.2, 0) is 6.54 Å². The van der Waals surface area contributed by atoms with Gasteiger partial charge in [-0.05, 0) is 32.6 Å². The number of rotatable bonds is 21. The number of hydrogen-bond donors (Lipinski definition) is 0. The van der Waals surface area contributed by atoms with E-state index in [1.54, 1.807) is 0 Å². The topological polar surface area (TPSA) is 8.81 Å². The second-order valence-electron chi connectivity index (χ2n) is 9.39. The molecule has 0 radical (unpaired) electrons. The predicted molar refractivity (Wildman–Crippen MR) is 128 cm³/mol. The van der Waals surface area contributed by atoms with Crippen molar-refractivity contribution in [2.24, 2.45) is 0 Å². The molecule has 170 valence electrons. The third kappa shape index (κ3) is 14.8. The normalized spacial score (nSPS) is 12.5. The van der Waals surface area contributed by atoms with Crippen LogP contribution in [0.3, 0.4) is 0 Å². The highest BCUT2D eigenvalue weighted by atomic mass is 15.1. The van der Waals surface area contributed by atoms with Gasteiger partial charge in [-0.1, -0.05) is 110 Å². The smallest absolute Gasteiger partial charge is 0.237 e. The van der Waals surface area contributed by atoms with Crippen molar-refractivity contribution in [1.82, 2.24) is 4.57 Å². The van der Waals surface area contributed by atoms with Crippen LogP contribution >= 0.6 is 0 Å². The molecule has 0 aliphatic heterocycles. The number of unbranched alkanes of at least 4 members (excludes halogenated alkanes) is 16. The van der Waals surface area contributed by atoms with E-state index in [0.717, 1.165) is 0 Å². The zero-order chi connectivity index (χ0) is 21.0. The maximum atomic E-state index is 2.39. The molecule has 0 bridgehead atoms. The molecule has 0 amide bonds. The molecule has 0 spiro atoms. The fraction of sp³-hybridized carbons (Fsp3) is 0.889. The summed E-state index contributed by atoms with van der Waals surface area (Å²) in [5.74, 6) is 0. The van der Waals surface area contributed by atoms with Gasteiger partial charge in [-0.15, -0.1) is 0 Å². The molecule has 1 aromatic rings. The molecule has 1 atom stereocenters. The molecule has 1 unspecified atom stereocenters. The fourth-order valence-electron chi connectivity index (χ4n) is 4.29. The van der Waals surface area contributed by atoms with E-state index in [2.05, 4.69) is 48.6 Å². The summed E-state index contributed by atoms with van der Waals surface area (Å²) in [5.41, 5.74) is 0. The summed E-state index contributed by atoms with van der Waals surface area (Å²) in [6.45, 7) is 8.11. The highest BCUT2D eigenvalue weighted by Crippen LogP contribution is 2.14. The summed E-state index contributed by atoms with van der Waals surface area (Å²) in [5, 5.41) is 0. The largest absolute Gasteiger partial charge is 0.243 e. The standard InChI is InChI=1S/C27H53N2/c1-4-6-8-9-10-11-12-13-14-15-16-17-18-19-20-21-23-28-24-25-29(26-28)27(3)22-7-5-2/h24-27H,4-23H2,1-3H3/q+1. The third-order valence-corrected chi connectivity index (χ3v) is 6.47. The van der Waals surface area contributed by atoms with Gasteiger partial charge in [0, 0.05) is 0 Å². The van der Waals surface area contributed by atoms with Gasteiger partial charge in [-0.25, -0.2) is 9.13 Å². The van der Waals surface area contributed by atoms with E-state index in [1.165, 1.54) is 129 Å². The first-order chi connectivity index (χ1) is 14.3. The van der Waals surface area contributed by atoms with Crippen molar-refractivity contribution >= 4 is 0 Å². The zero-order valence-corrected chi connectivity index (χ0v) is 20.3. The van der Waals surface area contributed by atoms with Gasteiger partial charge < -0.3 is 0 Å². The van der Waals surface area contributed by atoms with Crippen molar-refractivity contribution in [3.05, 3.63) is 18.7 Å². The molecular formula is C27H53N2+. The van der Waals surface area contributed by atoms with Crippen LogP contribution in [0.2, 0.25) is 0 Å². The van der Waals surface area contributed by atoms with E-state index >= 15 is 0 Å². The Kier molecular flexibility index (Phi) is 17.4. The van der Waals surface area contributed by atoms with Gasteiger partial charge in [0.1, 0.15) is 12.4 Å². The van der Waals surface area contributed by atoms with Crippen molar-refractivity contribution < 1.29 is 4.57 Å². The van der Waals surface area contributed by atoms with E-state index in [4.69, 9.17) is 0 Å². The average molecular weight is 406 g/mol. The average Bonchev–Trinajstić information content (AvgIpc) is 3.20. The van der Waals surface area contributed by atoms with Gasteiger partial charge >= 0.3 is 0 Å². The SMILES string of the molecule is CCCCCCCCCCCCCCCCCC[n+]1ccn(C(C)CCCC)c1. The van der Waals surface area contributed by atoms with Crippen molar-refractivity contribution in [3.63, 3.8) is 0 Å². The number of aromatic nitrogens is 2. The Labute approximate surface area is 183 Å². The summed E-state index contributed by atoms with van der Waals surface area (Å²) in [6, 6.07) is 0.641. The minimum absolute atomic E-state index is 0.641. The number of imidazole rings is 1. The van der Waals surface area contributed by atoms with Gasteiger partial charge in [0.2, 0.25) is 6.33 Å². The zero-order valence-electron chi connectivity index (χ0n) is 20.3. The van der Waals surface area contributed by atoms with Gasteiger partial charge in [0.05, 0.1) is 12.6 Å². The van der Waals surface area contributed by atoms with E-state index in [0.29, 0.717) is 6.04 Å². The molecule has 2 heteroatoms. The van der Waals surface area contributed by atoms with Gasteiger partial charge in [0.15, 0.2) is 0 Å². The molecular weight excluding hydrogens is 352 g/mol. The Morgan fingerprint density at radius 1 is 0.621 bits per heavy atom. The predicted octanol–water partition coefficient (Wildman–Crippen LogP) is 8.79. The van der Waals surface area contributed by atoms with Crippen LogP contribution in [0.15, 0.2) is 18.7 Å². The Morgan fingerprint density at radius 2 is 1.07 bits per heavy atom. The summed E-state index contributed by atoms with van der Waals surface area (Å²) in [4.78, 5) is 0. The van der Waals surface area contributed by atoms with Crippen LogP contribution in [0, 0.1) is 0 Å². The Hall–Kier alpha value is -0.790. The van der Waals surface area contributed by atoms with Crippen LogP contribution in [-0.4, -0.2) is 4.57 Å². The lowest BCUT2D eigenvalue weighted by atomic mass is 10.0. The molecule has 0 saturated heterocycles. The molecule has 0 aliphatic carbocycles. The van der Waals surface area contributed by atoms with Crippen LogP contribution in [0.4, 0.5) is 0 Å². The molecule has 29 heavy (non-hydrogen) atoms. The quantitative estimate of drug-likeness (QED) is 0.143. The van der Waals surface area contributed by atoms with Gasteiger partial charge in [-0.2, -0.15) is 0 Å². The van der Waals surface area contributed by atoms with Crippen LogP contribution in [0.1, 0.15) is 149 Å². The molecule has 2 nitrogen and oxygen atoms in total. The highest BCUT2D eigenvalue weighted by Gasteiger charge is 2.10. The summed E-state index contributed by atoms with van der Waals surface area (Å²) in [6.07, 6.45) is 33.8. The van der Waals surface area contributed by atoms with Crippen molar-refractivity contribution in [2.45, 2.75) is 155 Å². The van der Waals surface area contributed by atoms with Crippen LogP contribution in [0.25, 0.3) is 0 Å². The van der Waals surface area contributed by atoms with Crippen molar-refractivity contribution in [1.29, 1.82) is 0 Å². The highest BCUT2D eigenvalue weighted by molar-refractivity contribution is 4.72. The lowest BCUT2D eigenvalue weighted by Gasteiger charge is -2.06. The number of aryl methyl sites for hydroxylation is 1. The Bertz CT molecular complexity index is 451. The first-order valence-electron chi connectivity index (χ1n) is 13.3. The summed E-state index contributed by atoms with van der Waals surface area (Å²) >= 11 is 0. The molecule has 0 saturated carbocycles. The molecule has 0 N–H and O–H groups in total. The van der Waals surface area contributed by atoms with Crippen molar-refractivity contribution in [2.75, 3.05) is 0 Å². The first-order valence-corrected chi connectivity index (χ1v) is 13.3. The van der Waals surface area contributed by atoms with E-state index < -0.39 is 0 Å². The third-order valence-electron chi connectivity index (χ3n) is 6.47. The van der Waals surface area contributed by atoms with Gasteiger partial charge in [0.25, 0.3) is 0 Å². The van der Waals surface area contributed by atoms with Crippen molar-refractivity contribution in [3.8, 4) is 0 Å². The minimum Gasteiger partial charge on any atom is -0.237 e. The lowest BCUT2D eigenvalue weighted by Crippen LogP contribution is -2.31. The van der Waals surface area contributed by atoms with E-state index in [1.807, 2.05) is 0 Å². The van der Waals surface area contributed by atoms with Crippen LogP contribution < -0.4 is 4.57 Å². The second-order valence-corrected chi connectivity index (χ2v) is 9.39. The molecule has 0 aromatic carbocycles.